The molecule has 2 bridgehead atoms. The van der Waals surface area contributed by atoms with E-state index in [-0.39, 0.29) is 17.9 Å². The normalized spacial score (nSPS) is 31.7. The van der Waals surface area contributed by atoms with Gasteiger partial charge in [-0.05, 0) is 44.0 Å². The number of anilines is 1. The van der Waals surface area contributed by atoms with Crippen molar-refractivity contribution < 1.29 is 18.7 Å². The van der Waals surface area contributed by atoms with Crippen LogP contribution in [-0.4, -0.2) is 48.1 Å². The molecule has 4 atom stereocenters. The third kappa shape index (κ3) is 2.41. The molecule has 7 nitrogen and oxygen atoms in total. The maximum absolute atomic E-state index is 13.1. The van der Waals surface area contributed by atoms with Crippen LogP contribution in [0.3, 0.4) is 0 Å². The van der Waals surface area contributed by atoms with Crippen molar-refractivity contribution >= 4 is 28.5 Å². The van der Waals surface area contributed by atoms with Gasteiger partial charge in [0.25, 0.3) is 0 Å². The Morgan fingerprint density at radius 3 is 3.07 bits per heavy atom. The number of aryl methyl sites for hydroxylation is 1. The molecule has 7 heteroatoms. The standard InChI is InChI=1S/C20H23N3O4/c1-11-8-12-9-13(2-3-14(12)26-11)22-18(24)16-15-4-5-20(27-15)10-23(7-6-21)19(25)17(16)20/h2-3,8-9,15-17H,4-7,10,21H2,1H3,(H,22,24)/t15-,16-,17+,20-/m0/s1. The lowest BCUT2D eigenvalue weighted by Gasteiger charge is -2.27. The van der Waals surface area contributed by atoms with E-state index < -0.39 is 17.4 Å². The van der Waals surface area contributed by atoms with Gasteiger partial charge in [-0.2, -0.15) is 0 Å². The van der Waals surface area contributed by atoms with Crippen LogP contribution >= 0.6 is 0 Å². The van der Waals surface area contributed by atoms with E-state index in [1.807, 2.05) is 31.2 Å². The lowest BCUT2D eigenvalue weighted by Crippen LogP contribution is -2.43. The van der Waals surface area contributed by atoms with Crippen molar-refractivity contribution in [2.45, 2.75) is 31.5 Å². The SMILES string of the molecule is Cc1cc2cc(NC(=O)[C@H]3[C@@H]4CC[C@@]5(CN(CCN)C(=O)[C@@H]35)O4)ccc2o1. The van der Waals surface area contributed by atoms with Crippen LogP contribution < -0.4 is 11.1 Å². The smallest absolute Gasteiger partial charge is 0.231 e. The molecular formula is C20H23N3O4. The van der Waals surface area contributed by atoms with Gasteiger partial charge < -0.3 is 25.1 Å². The van der Waals surface area contributed by atoms with E-state index in [1.54, 1.807) is 4.90 Å². The summed E-state index contributed by atoms with van der Waals surface area (Å²) in [5.41, 5.74) is 6.62. The van der Waals surface area contributed by atoms with Crippen LogP contribution in [0.15, 0.2) is 28.7 Å². The number of hydrogen-bond donors (Lipinski definition) is 2. The summed E-state index contributed by atoms with van der Waals surface area (Å²) in [7, 11) is 0. The van der Waals surface area contributed by atoms with E-state index in [9.17, 15) is 9.59 Å². The summed E-state index contributed by atoms with van der Waals surface area (Å²) in [5, 5.41) is 3.93. The molecule has 2 amide bonds. The van der Waals surface area contributed by atoms with Gasteiger partial charge in [0, 0.05) is 24.2 Å². The number of ether oxygens (including phenoxy) is 1. The Bertz CT molecular complexity index is 938. The second-order valence-corrected chi connectivity index (χ2v) is 7.91. The van der Waals surface area contributed by atoms with Crippen LogP contribution in [0.4, 0.5) is 5.69 Å². The summed E-state index contributed by atoms with van der Waals surface area (Å²) in [5.74, 6) is -0.162. The maximum Gasteiger partial charge on any atom is 0.231 e. The molecule has 2 aromatic rings. The number of amides is 2. The summed E-state index contributed by atoms with van der Waals surface area (Å²) in [4.78, 5) is 27.7. The van der Waals surface area contributed by atoms with Gasteiger partial charge in [0.2, 0.25) is 11.8 Å². The van der Waals surface area contributed by atoms with Gasteiger partial charge in [-0.25, -0.2) is 0 Å². The fraction of sp³-hybridized carbons (Fsp3) is 0.500. The highest BCUT2D eigenvalue weighted by molar-refractivity contribution is 5.99. The first-order valence-corrected chi connectivity index (χ1v) is 9.48. The van der Waals surface area contributed by atoms with Crippen LogP contribution in [0.2, 0.25) is 0 Å². The van der Waals surface area contributed by atoms with Crippen molar-refractivity contribution in [2.24, 2.45) is 17.6 Å². The molecule has 3 aliphatic rings. The molecule has 3 aliphatic heterocycles. The third-order valence-electron chi connectivity index (χ3n) is 6.21. The van der Waals surface area contributed by atoms with Crippen molar-refractivity contribution in [1.82, 2.24) is 4.90 Å². The van der Waals surface area contributed by atoms with E-state index in [4.69, 9.17) is 14.9 Å². The molecular weight excluding hydrogens is 346 g/mol. The highest BCUT2D eigenvalue weighted by Crippen LogP contribution is 2.55. The van der Waals surface area contributed by atoms with Gasteiger partial charge in [0.1, 0.15) is 11.3 Å². The van der Waals surface area contributed by atoms with Gasteiger partial charge in [-0.1, -0.05) is 0 Å². The number of hydrogen-bond acceptors (Lipinski definition) is 5. The topological polar surface area (TPSA) is 97.8 Å². The van der Waals surface area contributed by atoms with Crippen molar-refractivity contribution in [3.8, 4) is 0 Å². The third-order valence-corrected chi connectivity index (χ3v) is 6.21. The first kappa shape index (κ1) is 16.8. The summed E-state index contributed by atoms with van der Waals surface area (Å²) in [6, 6.07) is 7.50. The number of benzene rings is 1. The van der Waals surface area contributed by atoms with Gasteiger partial charge >= 0.3 is 0 Å². The van der Waals surface area contributed by atoms with E-state index in [0.29, 0.717) is 25.3 Å². The molecule has 1 aromatic carbocycles. The molecule has 0 unspecified atom stereocenters. The Balaban J connectivity index is 1.40. The second-order valence-electron chi connectivity index (χ2n) is 7.91. The molecule has 0 radical (unpaired) electrons. The predicted molar refractivity (Wildman–Crippen MR) is 99.0 cm³/mol. The number of carbonyl (C=O) groups excluding carboxylic acids is 2. The minimum atomic E-state index is -0.509. The van der Waals surface area contributed by atoms with Crippen LogP contribution in [0, 0.1) is 18.8 Å². The van der Waals surface area contributed by atoms with Crippen LogP contribution in [-0.2, 0) is 14.3 Å². The Labute approximate surface area is 156 Å². The fourth-order valence-corrected chi connectivity index (χ4v) is 5.17. The Morgan fingerprint density at radius 2 is 2.26 bits per heavy atom. The molecule has 4 heterocycles. The summed E-state index contributed by atoms with van der Waals surface area (Å²) in [6.45, 7) is 3.37. The molecule has 1 aromatic heterocycles. The van der Waals surface area contributed by atoms with Crippen molar-refractivity contribution in [3.05, 3.63) is 30.0 Å². The second kappa shape index (κ2) is 5.81. The maximum atomic E-state index is 13.1. The van der Waals surface area contributed by atoms with Crippen LogP contribution in [0.5, 0.6) is 0 Å². The number of rotatable bonds is 4. The summed E-state index contributed by atoms with van der Waals surface area (Å²) < 4.78 is 11.8. The zero-order valence-electron chi connectivity index (χ0n) is 15.2. The molecule has 1 spiro atoms. The molecule has 142 valence electrons. The minimum Gasteiger partial charge on any atom is -0.461 e. The molecule has 3 saturated heterocycles. The number of nitrogens with one attached hydrogen (secondary N) is 1. The summed E-state index contributed by atoms with van der Waals surface area (Å²) in [6.07, 6.45) is 1.47. The Morgan fingerprint density at radius 1 is 1.41 bits per heavy atom. The minimum absolute atomic E-state index is 0.00344. The lowest BCUT2D eigenvalue weighted by atomic mass is 9.73. The van der Waals surface area contributed by atoms with E-state index in [1.165, 1.54) is 0 Å². The van der Waals surface area contributed by atoms with Gasteiger partial charge in [0.15, 0.2) is 0 Å². The Kier molecular flexibility index (Phi) is 3.61. The molecule has 5 rings (SSSR count). The monoisotopic (exact) mass is 369 g/mol. The van der Waals surface area contributed by atoms with E-state index >= 15 is 0 Å². The number of likely N-dealkylation sites (tertiary alicyclic amines) is 1. The van der Waals surface area contributed by atoms with Crippen LogP contribution in [0.1, 0.15) is 18.6 Å². The zero-order chi connectivity index (χ0) is 18.8. The van der Waals surface area contributed by atoms with E-state index in [0.717, 1.165) is 29.6 Å². The lowest BCUT2D eigenvalue weighted by molar-refractivity contribution is -0.136. The number of furan rings is 1. The number of carbonyl (C=O) groups is 2. The van der Waals surface area contributed by atoms with Gasteiger partial charge in [0.05, 0.1) is 30.1 Å². The number of nitrogens with zero attached hydrogens (tertiary/aromatic N) is 1. The van der Waals surface area contributed by atoms with Crippen molar-refractivity contribution in [2.75, 3.05) is 25.0 Å². The highest BCUT2D eigenvalue weighted by Gasteiger charge is 2.68. The zero-order valence-corrected chi connectivity index (χ0v) is 15.2. The first-order valence-electron chi connectivity index (χ1n) is 9.48. The predicted octanol–water partition coefficient (Wildman–Crippen LogP) is 1.64. The van der Waals surface area contributed by atoms with E-state index in [2.05, 4.69) is 5.32 Å². The average molecular weight is 369 g/mol. The molecule has 0 saturated carbocycles. The fourth-order valence-electron chi connectivity index (χ4n) is 5.17. The highest BCUT2D eigenvalue weighted by atomic mass is 16.5. The molecule has 27 heavy (non-hydrogen) atoms. The van der Waals surface area contributed by atoms with Crippen molar-refractivity contribution in [3.63, 3.8) is 0 Å². The average Bonchev–Trinajstić information content (AvgIpc) is 3.34. The first-order chi connectivity index (χ1) is 13.0. The quantitative estimate of drug-likeness (QED) is 0.854. The van der Waals surface area contributed by atoms with Crippen molar-refractivity contribution in [1.29, 1.82) is 0 Å². The van der Waals surface area contributed by atoms with Crippen LogP contribution in [0.25, 0.3) is 11.0 Å². The molecule has 3 N–H and O–H groups in total. The number of fused-ring (bicyclic) bond motifs is 2. The number of nitrogens with two attached hydrogens (primary N) is 1. The van der Waals surface area contributed by atoms with Gasteiger partial charge in [-0.15, -0.1) is 0 Å². The summed E-state index contributed by atoms with van der Waals surface area (Å²) >= 11 is 0. The van der Waals surface area contributed by atoms with Gasteiger partial charge in [-0.3, -0.25) is 9.59 Å². The molecule has 0 aliphatic carbocycles. The Hall–Kier alpha value is -2.38. The molecule has 3 fully saturated rings. The largest absolute Gasteiger partial charge is 0.461 e.